The highest BCUT2D eigenvalue weighted by molar-refractivity contribution is 5.83. The third kappa shape index (κ3) is 4.96. The summed E-state index contributed by atoms with van der Waals surface area (Å²) in [4.78, 5) is 21.5. The van der Waals surface area contributed by atoms with E-state index >= 15 is 0 Å². The summed E-state index contributed by atoms with van der Waals surface area (Å²) in [5.41, 5.74) is 5.76. The van der Waals surface area contributed by atoms with E-state index < -0.39 is 6.04 Å². The molecule has 1 unspecified atom stereocenters. The molecular formula is C31H33N7O2. The standard InChI is InChI=1S/C31H33N7O2/c1-21-17-22(2)28-24(18-21)19-25(31(39)32-28)29(30-33-34-35-38(30)20-23-9-5-4-6-10-23)37-15-13-36(14-16-37)26-11-7-8-12-27(26)40-3/h4-12,17-19,29H,13-16,20H2,1-3H3,(H,32,39). The minimum atomic E-state index is -0.410. The van der Waals surface area contributed by atoms with Crippen LogP contribution in [0.2, 0.25) is 0 Å². The zero-order valence-electron chi connectivity index (χ0n) is 23.0. The number of aromatic amines is 1. The van der Waals surface area contributed by atoms with Crippen LogP contribution in [0, 0.1) is 13.8 Å². The van der Waals surface area contributed by atoms with Crippen LogP contribution in [0.15, 0.2) is 77.6 Å². The molecule has 9 nitrogen and oxygen atoms in total. The highest BCUT2D eigenvalue weighted by Crippen LogP contribution is 2.32. The van der Waals surface area contributed by atoms with Gasteiger partial charge in [-0.25, -0.2) is 4.68 Å². The molecule has 3 aromatic carbocycles. The number of benzene rings is 3. The number of rotatable bonds is 7. The average molecular weight is 536 g/mol. The maximum absolute atomic E-state index is 13.7. The molecule has 204 valence electrons. The molecule has 1 saturated heterocycles. The third-order valence-corrected chi connectivity index (χ3v) is 7.70. The monoisotopic (exact) mass is 535 g/mol. The van der Waals surface area contributed by atoms with Gasteiger partial charge in [0.1, 0.15) is 11.8 Å². The van der Waals surface area contributed by atoms with E-state index in [0.29, 0.717) is 17.9 Å². The summed E-state index contributed by atoms with van der Waals surface area (Å²) in [6.07, 6.45) is 0. The first-order valence-corrected chi connectivity index (χ1v) is 13.6. The Balaban J connectivity index is 1.40. The van der Waals surface area contributed by atoms with Crippen molar-refractivity contribution in [2.45, 2.75) is 26.4 Å². The van der Waals surface area contributed by atoms with E-state index in [1.807, 2.05) is 54.1 Å². The number of pyridine rings is 1. The third-order valence-electron chi connectivity index (χ3n) is 7.70. The summed E-state index contributed by atoms with van der Waals surface area (Å²) in [5, 5.41) is 13.9. The first kappa shape index (κ1) is 25.8. The first-order valence-electron chi connectivity index (χ1n) is 13.6. The number of tetrazole rings is 1. The van der Waals surface area contributed by atoms with Crippen LogP contribution in [-0.2, 0) is 6.54 Å². The molecule has 0 spiro atoms. The van der Waals surface area contributed by atoms with Gasteiger partial charge >= 0.3 is 0 Å². The van der Waals surface area contributed by atoms with Crippen LogP contribution < -0.4 is 15.2 Å². The maximum atomic E-state index is 13.7. The highest BCUT2D eigenvalue weighted by Gasteiger charge is 2.33. The number of methoxy groups -OCH3 is 1. The summed E-state index contributed by atoms with van der Waals surface area (Å²) in [6, 6.07) is 24.0. The molecule has 2 aromatic heterocycles. The zero-order chi connectivity index (χ0) is 27.6. The number of hydrogen-bond donors (Lipinski definition) is 1. The van der Waals surface area contributed by atoms with E-state index in [1.54, 1.807) is 7.11 Å². The Bertz CT molecular complexity index is 1690. The molecule has 0 bridgehead atoms. The lowest BCUT2D eigenvalue weighted by molar-refractivity contribution is 0.200. The Labute approximate surface area is 233 Å². The van der Waals surface area contributed by atoms with Crippen LogP contribution in [0.5, 0.6) is 5.75 Å². The summed E-state index contributed by atoms with van der Waals surface area (Å²) in [6.45, 7) is 7.63. The van der Waals surface area contributed by atoms with Gasteiger partial charge in [-0.3, -0.25) is 9.69 Å². The molecule has 0 saturated carbocycles. The predicted molar refractivity (Wildman–Crippen MR) is 156 cm³/mol. The number of nitrogens with one attached hydrogen (secondary N) is 1. The number of piperazine rings is 1. The maximum Gasteiger partial charge on any atom is 0.253 e. The molecule has 1 N–H and O–H groups in total. The van der Waals surface area contributed by atoms with Crippen molar-refractivity contribution < 1.29 is 4.74 Å². The second-order valence-corrected chi connectivity index (χ2v) is 10.4. The molecule has 9 heteroatoms. The number of fused-ring (bicyclic) bond motifs is 1. The van der Waals surface area contributed by atoms with E-state index in [4.69, 9.17) is 4.74 Å². The predicted octanol–water partition coefficient (Wildman–Crippen LogP) is 4.10. The topological polar surface area (TPSA) is 92.2 Å². The normalized spacial score (nSPS) is 14.9. The number of aryl methyl sites for hydroxylation is 2. The fraction of sp³-hybridized carbons (Fsp3) is 0.290. The average Bonchev–Trinajstić information content (AvgIpc) is 3.42. The van der Waals surface area contributed by atoms with Gasteiger partial charge in [0, 0.05) is 31.7 Å². The van der Waals surface area contributed by atoms with Crippen molar-refractivity contribution in [1.82, 2.24) is 30.1 Å². The van der Waals surface area contributed by atoms with Crippen molar-refractivity contribution in [3.63, 3.8) is 0 Å². The Morgan fingerprint density at radius 3 is 2.48 bits per heavy atom. The minimum Gasteiger partial charge on any atom is -0.495 e. The van der Waals surface area contributed by atoms with Gasteiger partial charge < -0.3 is 14.6 Å². The van der Waals surface area contributed by atoms with Gasteiger partial charge in [0.15, 0.2) is 5.82 Å². The van der Waals surface area contributed by atoms with E-state index in [-0.39, 0.29) is 5.56 Å². The van der Waals surface area contributed by atoms with Crippen LogP contribution >= 0.6 is 0 Å². The molecule has 5 aromatic rings. The molecule has 1 atom stereocenters. The lowest BCUT2D eigenvalue weighted by atomic mass is 10.00. The molecule has 1 fully saturated rings. The van der Waals surface area contributed by atoms with E-state index in [2.05, 4.69) is 67.6 Å². The lowest BCUT2D eigenvalue weighted by Gasteiger charge is -2.40. The molecule has 1 aliphatic rings. The molecule has 6 rings (SSSR count). The summed E-state index contributed by atoms with van der Waals surface area (Å²) in [7, 11) is 1.70. The van der Waals surface area contributed by atoms with E-state index in [0.717, 1.165) is 65.2 Å². The van der Waals surface area contributed by atoms with Crippen molar-refractivity contribution >= 4 is 16.6 Å². The van der Waals surface area contributed by atoms with Gasteiger partial charge in [-0.1, -0.05) is 54.1 Å². The van der Waals surface area contributed by atoms with Crippen LogP contribution in [0.4, 0.5) is 5.69 Å². The molecule has 3 heterocycles. The Morgan fingerprint density at radius 2 is 1.70 bits per heavy atom. The summed E-state index contributed by atoms with van der Waals surface area (Å²) >= 11 is 0. The Hall–Kier alpha value is -4.50. The van der Waals surface area contributed by atoms with Gasteiger partial charge in [-0.2, -0.15) is 0 Å². The van der Waals surface area contributed by atoms with Crippen molar-refractivity contribution in [2.75, 3.05) is 38.2 Å². The van der Waals surface area contributed by atoms with Crippen LogP contribution in [0.25, 0.3) is 10.9 Å². The van der Waals surface area contributed by atoms with Crippen LogP contribution in [-0.4, -0.2) is 63.4 Å². The molecule has 0 amide bonds. The molecular weight excluding hydrogens is 502 g/mol. The number of aromatic nitrogens is 5. The van der Waals surface area contributed by atoms with Gasteiger partial charge in [-0.15, -0.1) is 5.10 Å². The van der Waals surface area contributed by atoms with Crippen LogP contribution in [0.3, 0.4) is 0 Å². The molecule has 0 aliphatic carbocycles. The fourth-order valence-corrected chi connectivity index (χ4v) is 5.79. The summed E-state index contributed by atoms with van der Waals surface area (Å²) in [5.74, 6) is 1.51. The number of hydrogen-bond acceptors (Lipinski definition) is 7. The molecule has 1 aliphatic heterocycles. The van der Waals surface area contributed by atoms with Crippen molar-refractivity contribution in [2.24, 2.45) is 0 Å². The number of ether oxygens (including phenoxy) is 1. The van der Waals surface area contributed by atoms with Gasteiger partial charge in [0.05, 0.1) is 24.9 Å². The number of para-hydroxylation sites is 2. The SMILES string of the molecule is COc1ccccc1N1CCN(C(c2cc3cc(C)cc(C)c3[nH]c2=O)c2nnnn2Cc2ccccc2)CC1. The molecule has 40 heavy (non-hydrogen) atoms. The van der Waals surface area contributed by atoms with E-state index in [1.165, 1.54) is 0 Å². The van der Waals surface area contributed by atoms with Crippen LogP contribution in [0.1, 0.15) is 34.1 Å². The Kier molecular flexibility index (Phi) is 7.04. The zero-order valence-corrected chi connectivity index (χ0v) is 23.0. The smallest absolute Gasteiger partial charge is 0.253 e. The van der Waals surface area contributed by atoms with Gasteiger partial charge in [-0.05, 0) is 65.1 Å². The molecule has 0 radical (unpaired) electrons. The fourth-order valence-electron chi connectivity index (χ4n) is 5.79. The minimum absolute atomic E-state index is 0.120. The van der Waals surface area contributed by atoms with Gasteiger partial charge in [0.2, 0.25) is 0 Å². The second kappa shape index (κ2) is 10.9. The second-order valence-electron chi connectivity index (χ2n) is 10.4. The largest absolute Gasteiger partial charge is 0.495 e. The summed E-state index contributed by atoms with van der Waals surface area (Å²) < 4.78 is 7.44. The van der Waals surface area contributed by atoms with Gasteiger partial charge in [0.25, 0.3) is 5.56 Å². The lowest BCUT2D eigenvalue weighted by Crippen LogP contribution is -2.49. The number of anilines is 1. The van der Waals surface area contributed by atoms with Crippen molar-refractivity contribution in [1.29, 1.82) is 0 Å². The highest BCUT2D eigenvalue weighted by atomic mass is 16.5. The number of nitrogens with zero attached hydrogens (tertiary/aromatic N) is 6. The first-order chi connectivity index (χ1) is 19.5. The van der Waals surface area contributed by atoms with Crippen molar-refractivity contribution in [3.05, 3.63) is 111 Å². The Morgan fingerprint density at radius 1 is 0.950 bits per heavy atom. The number of H-pyrrole nitrogens is 1. The van der Waals surface area contributed by atoms with Crippen molar-refractivity contribution in [3.8, 4) is 5.75 Å². The quantitative estimate of drug-likeness (QED) is 0.336. The van der Waals surface area contributed by atoms with E-state index in [9.17, 15) is 4.79 Å².